The van der Waals surface area contributed by atoms with E-state index in [0.29, 0.717) is 6.54 Å². The van der Waals surface area contributed by atoms with Crippen LogP contribution in [0.15, 0.2) is 32.4 Å². The van der Waals surface area contributed by atoms with Crippen LogP contribution in [0.4, 0.5) is 0 Å². The second-order valence-corrected chi connectivity index (χ2v) is 5.66. The largest absolute Gasteiger partial charge is 0.361 e. The first-order chi connectivity index (χ1) is 11.0. The van der Waals surface area contributed by atoms with E-state index in [1.807, 2.05) is 13.0 Å². The molecule has 1 saturated heterocycles. The Morgan fingerprint density at radius 2 is 2.30 bits per heavy atom. The minimum atomic E-state index is -0.504. The number of hydrogen-bond donors (Lipinski definition) is 1. The molecule has 0 spiro atoms. The van der Waals surface area contributed by atoms with Crippen molar-refractivity contribution in [3.05, 3.63) is 50.6 Å². The van der Waals surface area contributed by atoms with Crippen molar-refractivity contribution in [2.24, 2.45) is 0 Å². The average Bonchev–Trinajstić information content (AvgIpc) is 3.14. The number of rotatable bonds is 4. The van der Waals surface area contributed by atoms with Gasteiger partial charge in [-0.1, -0.05) is 5.16 Å². The third kappa shape index (κ3) is 3.25. The number of H-pyrrole nitrogens is 1. The Morgan fingerprint density at radius 1 is 1.48 bits per heavy atom. The van der Waals surface area contributed by atoms with Gasteiger partial charge >= 0.3 is 5.69 Å². The van der Waals surface area contributed by atoms with E-state index >= 15 is 0 Å². The zero-order chi connectivity index (χ0) is 16.4. The maximum absolute atomic E-state index is 12.5. The number of nitrogens with one attached hydrogen (secondary N) is 1. The van der Waals surface area contributed by atoms with Gasteiger partial charge < -0.3 is 14.0 Å². The molecule has 1 aliphatic rings. The molecule has 2 aromatic heterocycles. The molecule has 122 valence electrons. The molecule has 0 unspecified atom stereocenters. The molecular formula is C15H18N4O4. The fourth-order valence-electron chi connectivity index (χ4n) is 2.90. The van der Waals surface area contributed by atoms with Gasteiger partial charge in [0, 0.05) is 37.8 Å². The van der Waals surface area contributed by atoms with Gasteiger partial charge in [-0.2, -0.15) is 0 Å². The molecule has 0 saturated carbocycles. The molecule has 23 heavy (non-hydrogen) atoms. The lowest BCUT2D eigenvalue weighted by molar-refractivity contribution is -0.132. The van der Waals surface area contributed by atoms with Gasteiger partial charge in [0.1, 0.15) is 11.5 Å². The summed E-state index contributed by atoms with van der Waals surface area (Å²) in [5.74, 6) is 0.686. The number of nitrogens with zero attached hydrogens (tertiary/aromatic N) is 3. The van der Waals surface area contributed by atoms with Crippen LogP contribution >= 0.6 is 0 Å². The van der Waals surface area contributed by atoms with Gasteiger partial charge in [0.2, 0.25) is 5.91 Å². The average molecular weight is 318 g/mol. The summed E-state index contributed by atoms with van der Waals surface area (Å²) in [6.45, 7) is 2.73. The summed E-state index contributed by atoms with van der Waals surface area (Å²) < 4.78 is 6.42. The first-order valence-electron chi connectivity index (χ1n) is 7.57. The topological polar surface area (TPSA) is 101 Å². The zero-order valence-electron chi connectivity index (χ0n) is 12.8. The molecule has 3 rings (SSSR count). The van der Waals surface area contributed by atoms with E-state index in [-0.39, 0.29) is 24.9 Å². The van der Waals surface area contributed by atoms with Crippen LogP contribution in [0.1, 0.15) is 36.8 Å². The summed E-state index contributed by atoms with van der Waals surface area (Å²) >= 11 is 0. The van der Waals surface area contributed by atoms with Crippen LogP contribution in [0, 0.1) is 6.92 Å². The van der Waals surface area contributed by atoms with Crippen LogP contribution in [0.2, 0.25) is 0 Å². The Bertz CT molecular complexity index is 819. The maximum Gasteiger partial charge on any atom is 0.328 e. The van der Waals surface area contributed by atoms with E-state index in [1.54, 1.807) is 4.90 Å². The molecule has 0 radical (unpaired) electrons. The van der Waals surface area contributed by atoms with Gasteiger partial charge in [0.25, 0.3) is 5.56 Å². The molecule has 1 atom stereocenters. The molecule has 1 aliphatic heterocycles. The standard InChI is InChI=1S/C15H18N4O4/c1-10-9-11(17-23-10)12-3-2-6-19(12)14(21)5-8-18-7-4-13(20)16-15(18)22/h4,7,9,12H,2-3,5-6,8H2,1H3,(H,16,20,22)/t12-/m0/s1. The van der Waals surface area contributed by atoms with E-state index in [2.05, 4.69) is 10.1 Å². The molecule has 1 N–H and O–H groups in total. The summed E-state index contributed by atoms with van der Waals surface area (Å²) in [4.78, 5) is 39.1. The summed E-state index contributed by atoms with van der Waals surface area (Å²) in [7, 11) is 0. The second-order valence-electron chi connectivity index (χ2n) is 5.66. The first-order valence-corrected chi connectivity index (χ1v) is 7.57. The fourth-order valence-corrected chi connectivity index (χ4v) is 2.90. The lowest BCUT2D eigenvalue weighted by atomic mass is 10.1. The van der Waals surface area contributed by atoms with E-state index in [0.717, 1.165) is 24.3 Å². The normalized spacial score (nSPS) is 17.6. The zero-order valence-corrected chi connectivity index (χ0v) is 12.8. The molecule has 0 aliphatic carbocycles. The van der Waals surface area contributed by atoms with Gasteiger partial charge in [0.15, 0.2) is 0 Å². The van der Waals surface area contributed by atoms with Crippen molar-refractivity contribution in [2.45, 2.75) is 38.8 Å². The summed E-state index contributed by atoms with van der Waals surface area (Å²) in [5, 5.41) is 4.01. The molecule has 8 heteroatoms. The smallest absolute Gasteiger partial charge is 0.328 e. The quantitative estimate of drug-likeness (QED) is 0.889. The number of aromatic nitrogens is 3. The van der Waals surface area contributed by atoms with Crippen LogP contribution in [0.3, 0.4) is 0 Å². The SMILES string of the molecule is Cc1cc([C@@H]2CCCN2C(=O)CCn2ccc(=O)[nH]c2=O)no1. The molecule has 0 aromatic carbocycles. The van der Waals surface area contributed by atoms with Crippen LogP contribution in [0.25, 0.3) is 0 Å². The third-order valence-electron chi connectivity index (χ3n) is 4.02. The van der Waals surface area contributed by atoms with Gasteiger partial charge in [-0.05, 0) is 19.8 Å². The molecular weight excluding hydrogens is 300 g/mol. The van der Waals surface area contributed by atoms with E-state index in [4.69, 9.17) is 4.52 Å². The molecule has 1 amide bonds. The highest BCUT2D eigenvalue weighted by Crippen LogP contribution is 2.31. The van der Waals surface area contributed by atoms with Crippen molar-refractivity contribution in [1.82, 2.24) is 19.6 Å². The minimum absolute atomic E-state index is 0.0359. The lowest BCUT2D eigenvalue weighted by Crippen LogP contribution is -2.34. The number of hydrogen-bond acceptors (Lipinski definition) is 5. The van der Waals surface area contributed by atoms with Crippen molar-refractivity contribution in [1.29, 1.82) is 0 Å². The highest BCUT2D eigenvalue weighted by Gasteiger charge is 2.31. The van der Waals surface area contributed by atoms with Gasteiger partial charge in [-0.3, -0.25) is 14.6 Å². The predicted octanol–water partition coefficient (Wildman–Crippen LogP) is 0.587. The summed E-state index contributed by atoms with van der Waals surface area (Å²) in [6.07, 6.45) is 3.37. The Kier molecular flexibility index (Phi) is 4.14. The fraction of sp³-hybridized carbons (Fsp3) is 0.467. The monoisotopic (exact) mass is 318 g/mol. The number of aryl methyl sites for hydroxylation is 2. The number of amides is 1. The minimum Gasteiger partial charge on any atom is -0.361 e. The van der Waals surface area contributed by atoms with Gasteiger partial charge in [0.05, 0.1) is 6.04 Å². The van der Waals surface area contributed by atoms with Crippen LogP contribution in [-0.4, -0.2) is 32.1 Å². The number of likely N-dealkylation sites (tertiary alicyclic amines) is 1. The first kappa shape index (κ1) is 15.3. The van der Waals surface area contributed by atoms with Gasteiger partial charge in [-0.25, -0.2) is 4.79 Å². The van der Waals surface area contributed by atoms with E-state index in [9.17, 15) is 14.4 Å². The highest BCUT2D eigenvalue weighted by molar-refractivity contribution is 5.76. The number of aromatic amines is 1. The molecule has 1 fully saturated rings. The predicted molar refractivity (Wildman–Crippen MR) is 80.9 cm³/mol. The summed E-state index contributed by atoms with van der Waals surface area (Å²) in [5.41, 5.74) is -0.177. The number of carbonyl (C=O) groups excluding carboxylic acids is 1. The second kappa shape index (κ2) is 6.23. The lowest BCUT2D eigenvalue weighted by Gasteiger charge is -2.23. The number of carbonyl (C=O) groups is 1. The maximum atomic E-state index is 12.5. The molecule has 2 aromatic rings. The Hall–Kier alpha value is -2.64. The Balaban J connectivity index is 1.67. The van der Waals surface area contributed by atoms with Crippen LogP contribution in [-0.2, 0) is 11.3 Å². The van der Waals surface area contributed by atoms with Crippen molar-refractivity contribution in [2.75, 3.05) is 6.54 Å². The Morgan fingerprint density at radius 3 is 3.00 bits per heavy atom. The van der Waals surface area contributed by atoms with Crippen molar-refractivity contribution in [3.8, 4) is 0 Å². The molecule has 0 bridgehead atoms. The van der Waals surface area contributed by atoms with Crippen molar-refractivity contribution >= 4 is 5.91 Å². The molecule has 3 heterocycles. The Labute approximate surface area is 131 Å². The third-order valence-corrected chi connectivity index (χ3v) is 4.02. The van der Waals surface area contributed by atoms with E-state index < -0.39 is 11.2 Å². The van der Waals surface area contributed by atoms with E-state index in [1.165, 1.54) is 16.8 Å². The highest BCUT2D eigenvalue weighted by atomic mass is 16.5. The van der Waals surface area contributed by atoms with Crippen LogP contribution in [0.5, 0.6) is 0 Å². The summed E-state index contributed by atoms with van der Waals surface area (Å²) in [6, 6.07) is 3.05. The molecule has 8 nitrogen and oxygen atoms in total. The van der Waals surface area contributed by atoms with Crippen molar-refractivity contribution < 1.29 is 9.32 Å². The van der Waals surface area contributed by atoms with Gasteiger partial charge in [-0.15, -0.1) is 0 Å². The van der Waals surface area contributed by atoms with Crippen LogP contribution < -0.4 is 11.2 Å². The van der Waals surface area contributed by atoms with Crippen molar-refractivity contribution in [3.63, 3.8) is 0 Å².